The highest BCUT2D eigenvalue weighted by atomic mass is 16.5. The molecule has 1 aromatic heterocycles. The van der Waals surface area contributed by atoms with Crippen LogP contribution < -0.4 is 15.8 Å². The average Bonchev–Trinajstić information content (AvgIpc) is 2.26. The molecule has 0 bridgehead atoms. The summed E-state index contributed by atoms with van der Waals surface area (Å²) in [5.41, 5.74) is 6.64. The molecule has 0 aliphatic rings. The van der Waals surface area contributed by atoms with E-state index < -0.39 is 0 Å². The number of rotatable bonds is 5. The third-order valence-corrected chi connectivity index (χ3v) is 2.02. The minimum atomic E-state index is 0.328. The fraction of sp³-hybridized carbons (Fsp3) is 0.500. The summed E-state index contributed by atoms with van der Waals surface area (Å²) < 4.78 is 5.02. The van der Waals surface area contributed by atoms with E-state index >= 15 is 0 Å². The summed E-state index contributed by atoms with van der Waals surface area (Å²) in [6.07, 6.45) is 1.74. The van der Waals surface area contributed by atoms with E-state index in [4.69, 9.17) is 10.5 Å². The molecule has 4 heteroatoms. The smallest absolute Gasteiger partial charge is 0.213 e. The highest BCUT2D eigenvalue weighted by Crippen LogP contribution is 2.07. The number of methoxy groups -OCH3 is 1. The number of hydrogen-bond acceptors (Lipinski definition) is 4. The third-order valence-electron chi connectivity index (χ3n) is 2.02. The fourth-order valence-electron chi connectivity index (χ4n) is 1.05. The molecule has 78 valence electrons. The molecule has 0 aliphatic carbocycles. The molecule has 1 rings (SSSR count). The molecule has 0 amide bonds. The van der Waals surface area contributed by atoms with Gasteiger partial charge in [0.25, 0.3) is 0 Å². The first-order valence-electron chi connectivity index (χ1n) is 4.68. The summed E-state index contributed by atoms with van der Waals surface area (Å²) in [6, 6.07) is 4.20. The van der Waals surface area contributed by atoms with Crippen molar-refractivity contribution in [3.8, 4) is 5.88 Å². The van der Waals surface area contributed by atoms with Gasteiger partial charge in [0.1, 0.15) is 0 Å². The first kappa shape index (κ1) is 10.9. The van der Waals surface area contributed by atoms with Crippen LogP contribution in [0.25, 0.3) is 0 Å². The van der Waals surface area contributed by atoms with E-state index in [0.29, 0.717) is 18.5 Å². The molecule has 0 aliphatic heterocycles. The van der Waals surface area contributed by atoms with Gasteiger partial charge < -0.3 is 15.8 Å². The maximum Gasteiger partial charge on any atom is 0.213 e. The van der Waals surface area contributed by atoms with Crippen LogP contribution in [0.2, 0.25) is 0 Å². The molecule has 0 aromatic carbocycles. The van der Waals surface area contributed by atoms with Crippen LogP contribution in [0.3, 0.4) is 0 Å². The van der Waals surface area contributed by atoms with Gasteiger partial charge in [-0.25, -0.2) is 4.98 Å². The molecule has 1 heterocycles. The first-order chi connectivity index (χ1) is 6.76. The molecule has 1 atom stereocenters. The Hall–Kier alpha value is -1.13. The fourth-order valence-corrected chi connectivity index (χ4v) is 1.05. The molecule has 4 nitrogen and oxygen atoms in total. The van der Waals surface area contributed by atoms with Gasteiger partial charge in [-0.2, -0.15) is 0 Å². The average molecular weight is 195 g/mol. The Kier molecular flexibility index (Phi) is 4.35. The molecule has 3 N–H and O–H groups in total. The van der Waals surface area contributed by atoms with Crippen molar-refractivity contribution in [2.24, 2.45) is 5.73 Å². The van der Waals surface area contributed by atoms with Gasteiger partial charge in [-0.05, 0) is 18.6 Å². The monoisotopic (exact) mass is 195 g/mol. The number of nitrogens with zero attached hydrogens (tertiary/aromatic N) is 1. The minimum absolute atomic E-state index is 0.328. The van der Waals surface area contributed by atoms with Crippen LogP contribution in [0.1, 0.15) is 12.5 Å². The summed E-state index contributed by atoms with van der Waals surface area (Å²) in [6.45, 7) is 3.48. The molecule has 0 saturated heterocycles. The van der Waals surface area contributed by atoms with E-state index in [9.17, 15) is 0 Å². The highest BCUT2D eigenvalue weighted by Gasteiger charge is 1.99. The van der Waals surface area contributed by atoms with Crippen molar-refractivity contribution in [2.75, 3.05) is 13.7 Å². The summed E-state index contributed by atoms with van der Waals surface area (Å²) in [7, 11) is 1.61. The molecule has 1 aromatic rings. The second-order valence-electron chi connectivity index (χ2n) is 3.22. The molecular weight excluding hydrogens is 178 g/mol. The van der Waals surface area contributed by atoms with Crippen molar-refractivity contribution in [1.82, 2.24) is 10.3 Å². The lowest BCUT2D eigenvalue weighted by molar-refractivity contribution is 0.397. The van der Waals surface area contributed by atoms with Crippen LogP contribution in [-0.2, 0) is 6.54 Å². The largest absolute Gasteiger partial charge is 0.481 e. The number of nitrogens with one attached hydrogen (secondary N) is 1. The molecule has 14 heavy (non-hydrogen) atoms. The van der Waals surface area contributed by atoms with Crippen molar-refractivity contribution in [3.63, 3.8) is 0 Å². The van der Waals surface area contributed by atoms with Gasteiger partial charge >= 0.3 is 0 Å². The van der Waals surface area contributed by atoms with E-state index in [-0.39, 0.29) is 0 Å². The van der Waals surface area contributed by atoms with E-state index in [1.807, 2.05) is 12.1 Å². The normalized spacial score (nSPS) is 12.5. The van der Waals surface area contributed by atoms with Crippen LogP contribution in [-0.4, -0.2) is 24.7 Å². The Morgan fingerprint density at radius 2 is 2.43 bits per heavy atom. The number of aromatic nitrogens is 1. The predicted octanol–water partition coefficient (Wildman–Crippen LogP) is 0.527. The maximum absolute atomic E-state index is 5.49. The van der Waals surface area contributed by atoms with Crippen LogP contribution >= 0.6 is 0 Å². The zero-order chi connectivity index (χ0) is 10.4. The SMILES string of the molecule is COc1cc(CNC(C)CN)ccn1. The lowest BCUT2D eigenvalue weighted by Gasteiger charge is -2.11. The van der Waals surface area contributed by atoms with Crippen molar-refractivity contribution >= 4 is 0 Å². The summed E-state index contributed by atoms with van der Waals surface area (Å²) >= 11 is 0. The van der Waals surface area contributed by atoms with Gasteiger partial charge in [0.15, 0.2) is 0 Å². The Balaban J connectivity index is 2.50. The third kappa shape index (κ3) is 3.32. The van der Waals surface area contributed by atoms with Gasteiger partial charge in [-0.15, -0.1) is 0 Å². The van der Waals surface area contributed by atoms with Crippen molar-refractivity contribution in [2.45, 2.75) is 19.5 Å². The molecular formula is C10H17N3O. The van der Waals surface area contributed by atoms with Gasteiger partial charge in [0, 0.05) is 31.4 Å². The zero-order valence-corrected chi connectivity index (χ0v) is 8.66. The van der Waals surface area contributed by atoms with E-state index in [2.05, 4.69) is 17.2 Å². The second-order valence-corrected chi connectivity index (χ2v) is 3.22. The molecule has 0 spiro atoms. The van der Waals surface area contributed by atoms with Crippen LogP contribution in [0.15, 0.2) is 18.3 Å². The van der Waals surface area contributed by atoms with Crippen molar-refractivity contribution in [1.29, 1.82) is 0 Å². The number of hydrogen-bond donors (Lipinski definition) is 2. The summed E-state index contributed by atoms with van der Waals surface area (Å²) in [4.78, 5) is 4.03. The van der Waals surface area contributed by atoms with Crippen LogP contribution in [0, 0.1) is 0 Å². The van der Waals surface area contributed by atoms with Crippen LogP contribution in [0.5, 0.6) is 5.88 Å². The Labute approximate surface area is 84.5 Å². The lowest BCUT2D eigenvalue weighted by atomic mass is 10.2. The number of pyridine rings is 1. The topological polar surface area (TPSA) is 60.2 Å². The Morgan fingerprint density at radius 3 is 3.07 bits per heavy atom. The van der Waals surface area contributed by atoms with Gasteiger partial charge in [-0.3, -0.25) is 0 Å². The Morgan fingerprint density at radius 1 is 1.64 bits per heavy atom. The molecule has 0 saturated carbocycles. The quantitative estimate of drug-likeness (QED) is 0.719. The Bertz CT molecular complexity index is 278. The second kappa shape index (κ2) is 5.57. The number of ether oxygens (including phenoxy) is 1. The van der Waals surface area contributed by atoms with Crippen molar-refractivity contribution < 1.29 is 4.74 Å². The standard InChI is InChI=1S/C10H17N3O/c1-8(6-11)13-7-9-3-4-12-10(5-9)14-2/h3-5,8,13H,6-7,11H2,1-2H3. The molecule has 0 radical (unpaired) electrons. The van der Waals surface area contributed by atoms with Crippen molar-refractivity contribution in [3.05, 3.63) is 23.9 Å². The first-order valence-corrected chi connectivity index (χ1v) is 4.68. The predicted molar refractivity (Wildman–Crippen MR) is 56.1 cm³/mol. The lowest BCUT2D eigenvalue weighted by Crippen LogP contribution is -2.32. The number of nitrogens with two attached hydrogens (primary N) is 1. The van der Waals surface area contributed by atoms with Gasteiger partial charge in [0.05, 0.1) is 7.11 Å². The van der Waals surface area contributed by atoms with E-state index in [1.165, 1.54) is 0 Å². The highest BCUT2D eigenvalue weighted by molar-refractivity contribution is 5.20. The van der Waals surface area contributed by atoms with E-state index in [0.717, 1.165) is 12.1 Å². The maximum atomic E-state index is 5.49. The molecule has 1 unspecified atom stereocenters. The minimum Gasteiger partial charge on any atom is -0.481 e. The summed E-state index contributed by atoms with van der Waals surface area (Å²) in [5, 5.41) is 3.29. The van der Waals surface area contributed by atoms with Crippen LogP contribution in [0.4, 0.5) is 0 Å². The van der Waals surface area contributed by atoms with E-state index in [1.54, 1.807) is 13.3 Å². The van der Waals surface area contributed by atoms with Gasteiger partial charge in [0.2, 0.25) is 5.88 Å². The summed E-state index contributed by atoms with van der Waals surface area (Å²) in [5.74, 6) is 0.643. The zero-order valence-electron chi connectivity index (χ0n) is 8.66. The molecule has 0 fully saturated rings. The van der Waals surface area contributed by atoms with Gasteiger partial charge in [-0.1, -0.05) is 0 Å².